The molecule has 0 saturated carbocycles. The number of ether oxygens (including phenoxy) is 2. The van der Waals surface area contributed by atoms with Crippen molar-refractivity contribution in [1.82, 2.24) is 4.90 Å². The van der Waals surface area contributed by atoms with Crippen molar-refractivity contribution in [1.29, 1.82) is 0 Å². The van der Waals surface area contributed by atoms with Crippen molar-refractivity contribution in [2.75, 3.05) is 13.2 Å². The molecular weight excluding hydrogens is 282 g/mol. The third-order valence-electron chi connectivity index (χ3n) is 3.97. The SMILES string of the molecule is CC1(C)OCC(CCCCOCc2ccccc2)N1C(=O)O. The molecule has 0 radical (unpaired) electrons. The monoisotopic (exact) mass is 307 g/mol. The smallest absolute Gasteiger partial charge is 0.409 e. The fourth-order valence-electron chi connectivity index (χ4n) is 2.83. The number of amides is 1. The highest BCUT2D eigenvalue weighted by atomic mass is 16.5. The van der Waals surface area contributed by atoms with Crippen LogP contribution in [0, 0.1) is 0 Å². The van der Waals surface area contributed by atoms with Gasteiger partial charge in [-0.25, -0.2) is 4.79 Å². The molecule has 1 amide bonds. The van der Waals surface area contributed by atoms with Crippen LogP contribution in [0.4, 0.5) is 4.79 Å². The zero-order chi connectivity index (χ0) is 16.0. The molecule has 1 aromatic rings. The molecule has 1 aliphatic rings. The number of carbonyl (C=O) groups is 1. The van der Waals surface area contributed by atoms with Gasteiger partial charge in [-0.1, -0.05) is 30.3 Å². The maximum atomic E-state index is 11.3. The summed E-state index contributed by atoms with van der Waals surface area (Å²) < 4.78 is 11.2. The van der Waals surface area contributed by atoms with Gasteiger partial charge in [0.25, 0.3) is 0 Å². The number of carboxylic acid groups (broad SMARTS) is 1. The maximum Gasteiger partial charge on any atom is 0.409 e. The number of benzene rings is 1. The van der Waals surface area contributed by atoms with Gasteiger partial charge in [0, 0.05) is 6.61 Å². The zero-order valence-corrected chi connectivity index (χ0v) is 13.3. The molecule has 122 valence electrons. The van der Waals surface area contributed by atoms with Crippen molar-refractivity contribution < 1.29 is 19.4 Å². The second-order valence-electron chi connectivity index (χ2n) is 6.10. The Hall–Kier alpha value is -1.59. The molecule has 5 nitrogen and oxygen atoms in total. The van der Waals surface area contributed by atoms with Crippen molar-refractivity contribution in [3.05, 3.63) is 35.9 Å². The highest BCUT2D eigenvalue weighted by Gasteiger charge is 2.43. The summed E-state index contributed by atoms with van der Waals surface area (Å²) in [7, 11) is 0. The Morgan fingerprint density at radius 1 is 1.36 bits per heavy atom. The largest absolute Gasteiger partial charge is 0.465 e. The second kappa shape index (κ2) is 7.61. The fraction of sp³-hybridized carbons (Fsp3) is 0.588. The number of hydrogen-bond acceptors (Lipinski definition) is 3. The highest BCUT2D eigenvalue weighted by Crippen LogP contribution is 2.29. The summed E-state index contributed by atoms with van der Waals surface area (Å²) in [6.45, 7) is 5.39. The van der Waals surface area contributed by atoms with Crippen LogP contribution in [0.2, 0.25) is 0 Å². The Kier molecular flexibility index (Phi) is 5.80. The van der Waals surface area contributed by atoms with E-state index in [0.717, 1.165) is 19.3 Å². The average molecular weight is 307 g/mol. The Balaban J connectivity index is 1.63. The lowest BCUT2D eigenvalue weighted by Crippen LogP contribution is -2.47. The second-order valence-corrected chi connectivity index (χ2v) is 6.10. The number of hydrogen-bond donors (Lipinski definition) is 1. The van der Waals surface area contributed by atoms with Gasteiger partial charge in [0.05, 0.1) is 19.3 Å². The summed E-state index contributed by atoms with van der Waals surface area (Å²) in [5.74, 6) is 0. The van der Waals surface area contributed by atoms with Gasteiger partial charge in [0.1, 0.15) is 5.72 Å². The van der Waals surface area contributed by atoms with Gasteiger partial charge in [-0.15, -0.1) is 0 Å². The van der Waals surface area contributed by atoms with E-state index in [2.05, 4.69) is 0 Å². The summed E-state index contributed by atoms with van der Waals surface area (Å²) >= 11 is 0. The molecule has 1 aliphatic heterocycles. The van der Waals surface area contributed by atoms with Gasteiger partial charge in [-0.05, 0) is 38.7 Å². The quantitative estimate of drug-likeness (QED) is 0.783. The summed E-state index contributed by atoms with van der Waals surface area (Å²) in [5.41, 5.74) is 0.450. The van der Waals surface area contributed by atoms with E-state index in [1.54, 1.807) is 13.8 Å². The molecule has 1 N–H and O–H groups in total. The third kappa shape index (κ3) is 4.45. The van der Waals surface area contributed by atoms with Gasteiger partial charge in [-0.3, -0.25) is 4.90 Å². The molecule has 1 unspecified atom stereocenters. The van der Waals surface area contributed by atoms with Crippen molar-refractivity contribution in [3.8, 4) is 0 Å². The minimum absolute atomic E-state index is 0.0541. The van der Waals surface area contributed by atoms with Crippen LogP contribution in [-0.4, -0.2) is 41.1 Å². The van der Waals surface area contributed by atoms with Crippen LogP contribution >= 0.6 is 0 Å². The fourth-order valence-corrected chi connectivity index (χ4v) is 2.83. The van der Waals surface area contributed by atoms with Crippen LogP contribution in [0.3, 0.4) is 0 Å². The van der Waals surface area contributed by atoms with Crippen molar-refractivity contribution in [3.63, 3.8) is 0 Å². The average Bonchev–Trinajstić information content (AvgIpc) is 2.78. The van der Waals surface area contributed by atoms with E-state index in [-0.39, 0.29) is 6.04 Å². The Morgan fingerprint density at radius 2 is 2.09 bits per heavy atom. The van der Waals surface area contributed by atoms with Crippen LogP contribution in [0.5, 0.6) is 0 Å². The van der Waals surface area contributed by atoms with Crippen LogP contribution in [0.1, 0.15) is 38.7 Å². The molecule has 0 aromatic heterocycles. The first-order valence-electron chi connectivity index (χ1n) is 7.78. The van der Waals surface area contributed by atoms with Crippen LogP contribution < -0.4 is 0 Å². The Labute approximate surface area is 131 Å². The van der Waals surface area contributed by atoms with Crippen molar-refractivity contribution >= 4 is 6.09 Å². The van der Waals surface area contributed by atoms with Gasteiger partial charge in [0.2, 0.25) is 0 Å². The lowest BCUT2D eigenvalue weighted by atomic mass is 10.1. The predicted octanol–water partition coefficient (Wildman–Crippen LogP) is 3.49. The van der Waals surface area contributed by atoms with E-state index in [4.69, 9.17) is 9.47 Å². The zero-order valence-electron chi connectivity index (χ0n) is 13.3. The summed E-state index contributed by atoms with van der Waals surface area (Å²) in [6.07, 6.45) is 1.76. The lowest BCUT2D eigenvalue weighted by Gasteiger charge is -2.30. The van der Waals surface area contributed by atoms with E-state index in [0.29, 0.717) is 19.8 Å². The minimum atomic E-state index is -0.909. The molecule has 1 atom stereocenters. The van der Waals surface area contributed by atoms with E-state index >= 15 is 0 Å². The van der Waals surface area contributed by atoms with Crippen LogP contribution in [0.25, 0.3) is 0 Å². The molecule has 1 aromatic carbocycles. The van der Waals surface area contributed by atoms with E-state index in [1.807, 2.05) is 30.3 Å². The maximum absolute atomic E-state index is 11.3. The number of nitrogens with zero attached hydrogens (tertiary/aromatic N) is 1. The molecule has 0 bridgehead atoms. The number of rotatable bonds is 7. The Morgan fingerprint density at radius 3 is 2.77 bits per heavy atom. The summed E-state index contributed by atoms with van der Waals surface area (Å²) in [5, 5.41) is 9.31. The van der Waals surface area contributed by atoms with E-state index in [1.165, 1.54) is 10.5 Å². The first-order valence-corrected chi connectivity index (χ1v) is 7.78. The first kappa shape index (κ1) is 16.8. The first-order chi connectivity index (χ1) is 10.5. The van der Waals surface area contributed by atoms with Gasteiger partial charge >= 0.3 is 6.09 Å². The topological polar surface area (TPSA) is 59.0 Å². The van der Waals surface area contributed by atoms with E-state index < -0.39 is 11.8 Å². The van der Waals surface area contributed by atoms with Crippen LogP contribution in [-0.2, 0) is 16.1 Å². The minimum Gasteiger partial charge on any atom is -0.465 e. The van der Waals surface area contributed by atoms with Crippen molar-refractivity contribution in [2.24, 2.45) is 0 Å². The molecule has 5 heteroatoms. The van der Waals surface area contributed by atoms with Gasteiger partial charge < -0.3 is 14.6 Å². The highest BCUT2D eigenvalue weighted by molar-refractivity contribution is 5.66. The molecule has 1 heterocycles. The molecule has 2 rings (SSSR count). The lowest BCUT2D eigenvalue weighted by molar-refractivity contribution is -0.0422. The normalized spacial score (nSPS) is 20.3. The summed E-state index contributed by atoms with van der Waals surface area (Å²) in [6, 6.07) is 10.0. The van der Waals surface area contributed by atoms with Gasteiger partial charge in [-0.2, -0.15) is 0 Å². The Bertz CT molecular complexity index is 475. The van der Waals surface area contributed by atoms with Gasteiger partial charge in [0.15, 0.2) is 0 Å². The molecule has 1 fully saturated rings. The molecule has 1 saturated heterocycles. The molecular formula is C17H25NO4. The molecule has 22 heavy (non-hydrogen) atoms. The predicted molar refractivity (Wildman–Crippen MR) is 83.6 cm³/mol. The third-order valence-corrected chi connectivity index (χ3v) is 3.97. The van der Waals surface area contributed by atoms with Crippen LogP contribution in [0.15, 0.2) is 30.3 Å². The molecule has 0 aliphatic carbocycles. The van der Waals surface area contributed by atoms with E-state index in [9.17, 15) is 9.90 Å². The molecule has 0 spiro atoms. The van der Waals surface area contributed by atoms with Crippen molar-refractivity contribution in [2.45, 2.75) is 51.5 Å². The summed E-state index contributed by atoms with van der Waals surface area (Å²) in [4.78, 5) is 12.8. The standard InChI is InChI=1S/C17H25NO4/c1-17(2)18(16(19)20)15(13-22-17)10-6-7-11-21-12-14-8-4-3-5-9-14/h3-5,8-9,15H,6-7,10-13H2,1-2H3,(H,19,20). The number of unbranched alkanes of at least 4 members (excludes halogenated alkanes) is 1.